The van der Waals surface area contributed by atoms with E-state index in [2.05, 4.69) is 25.5 Å². The molecule has 0 aliphatic heterocycles. The molecule has 2 nitrogen and oxygen atoms in total. The number of aromatic nitrogens is 2. The molecule has 0 saturated carbocycles. The molecule has 1 rings (SSSR count). The molecule has 2 heteroatoms. The second-order valence-electron chi connectivity index (χ2n) is 2.60. The van der Waals surface area contributed by atoms with Gasteiger partial charge in [0.05, 0.1) is 5.69 Å². The van der Waals surface area contributed by atoms with Crippen LogP contribution in [0.2, 0.25) is 0 Å². The lowest BCUT2D eigenvalue weighted by Gasteiger charge is -1.97. The Labute approximate surface area is 67.5 Å². The van der Waals surface area contributed by atoms with Gasteiger partial charge in [0.2, 0.25) is 0 Å². The van der Waals surface area contributed by atoms with Crippen LogP contribution in [0.5, 0.6) is 0 Å². The van der Waals surface area contributed by atoms with Gasteiger partial charge in [-0.3, -0.25) is 4.68 Å². The molecule has 0 atom stereocenters. The summed E-state index contributed by atoms with van der Waals surface area (Å²) in [7, 11) is 0. The zero-order valence-corrected chi connectivity index (χ0v) is 7.39. The molecule has 0 bridgehead atoms. The Hall–Kier alpha value is -1.05. The van der Waals surface area contributed by atoms with Gasteiger partial charge in [-0.15, -0.1) is 0 Å². The van der Waals surface area contributed by atoms with E-state index >= 15 is 0 Å². The maximum Gasteiger partial charge on any atom is 0.0668 e. The van der Waals surface area contributed by atoms with E-state index in [1.165, 1.54) is 11.3 Å². The normalized spacial score (nSPS) is 10.1. The van der Waals surface area contributed by atoms with E-state index in [0.717, 1.165) is 12.2 Å². The highest BCUT2D eigenvalue weighted by Crippen LogP contribution is 2.13. The van der Waals surface area contributed by atoms with Gasteiger partial charge in [0, 0.05) is 17.8 Å². The van der Waals surface area contributed by atoms with E-state index in [9.17, 15) is 0 Å². The Bertz CT molecular complexity index is 271. The summed E-state index contributed by atoms with van der Waals surface area (Å²) in [5.74, 6) is 0. The van der Waals surface area contributed by atoms with Crippen molar-refractivity contribution in [2.24, 2.45) is 0 Å². The van der Waals surface area contributed by atoms with Crippen molar-refractivity contribution in [3.05, 3.63) is 23.5 Å². The summed E-state index contributed by atoms with van der Waals surface area (Å²) in [6.45, 7) is 10.8. The summed E-state index contributed by atoms with van der Waals surface area (Å²) in [6, 6.07) is 0. The second-order valence-corrected chi connectivity index (χ2v) is 2.60. The van der Waals surface area contributed by atoms with Crippen LogP contribution in [0.1, 0.15) is 23.9 Å². The highest BCUT2D eigenvalue weighted by molar-refractivity contribution is 5.52. The minimum atomic E-state index is 0.931. The molecule has 11 heavy (non-hydrogen) atoms. The van der Waals surface area contributed by atoms with Gasteiger partial charge in [-0.25, -0.2) is 0 Å². The van der Waals surface area contributed by atoms with Gasteiger partial charge in [-0.05, 0) is 20.8 Å². The summed E-state index contributed by atoms with van der Waals surface area (Å²) >= 11 is 0. The predicted molar refractivity (Wildman–Crippen MR) is 47.5 cm³/mol. The molecule has 0 aliphatic rings. The molecule has 0 aromatic carbocycles. The largest absolute Gasteiger partial charge is 0.269 e. The summed E-state index contributed by atoms with van der Waals surface area (Å²) in [5.41, 5.74) is 3.45. The Balaban J connectivity index is 3.24. The summed E-state index contributed by atoms with van der Waals surface area (Å²) < 4.78 is 1.99. The van der Waals surface area contributed by atoms with Crippen molar-refractivity contribution < 1.29 is 0 Å². The number of aryl methyl sites for hydroxylation is 2. The molecule has 1 aromatic heterocycles. The monoisotopic (exact) mass is 150 g/mol. The van der Waals surface area contributed by atoms with Crippen molar-refractivity contribution in [2.75, 3.05) is 0 Å². The van der Waals surface area contributed by atoms with Gasteiger partial charge in [0.1, 0.15) is 0 Å². The summed E-state index contributed by atoms with van der Waals surface area (Å²) in [5, 5.41) is 4.34. The highest BCUT2D eigenvalue weighted by atomic mass is 15.3. The first-order chi connectivity index (χ1) is 5.20. The van der Waals surface area contributed by atoms with E-state index in [1.807, 2.05) is 17.7 Å². The molecule has 60 valence electrons. The molecule has 0 fully saturated rings. The molecule has 0 N–H and O–H groups in total. The third-order valence-corrected chi connectivity index (χ3v) is 1.94. The Kier molecular flexibility index (Phi) is 2.13. The fraction of sp³-hybridized carbons (Fsp3) is 0.444. The second kappa shape index (κ2) is 2.91. The zero-order chi connectivity index (χ0) is 8.43. The lowest BCUT2D eigenvalue weighted by atomic mass is 10.2. The molecular formula is C9H14N2. The van der Waals surface area contributed by atoms with Crippen molar-refractivity contribution in [1.29, 1.82) is 0 Å². The van der Waals surface area contributed by atoms with Crippen molar-refractivity contribution in [2.45, 2.75) is 27.3 Å². The maximum atomic E-state index is 4.34. The van der Waals surface area contributed by atoms with Gasteiger partial charge in [0.25, 0.3) is 0 Å². The number of nitrogens with zero attached hydrogens (tertiary/aromatic N) is 2. The number of hydrogen-bond acceptors (Lipinski definition) is 1. The predicted octanol–water partition coefficient (Wildman–Crippen LogP) is 2.16. The minimum Gasteiger partial charge on any atom is -0.269 e. The topological polar surface area (TPSA) is 17.8 Å². The lowest BCUT2D eigenvalue weighted by Crippen LogP contribution is -1.98. The third-order valence-electron chi connectivity index (χ3n) is 1.94. The van der Waals surface area contributed by atoms with Crippen LogP contribution in [-0.4, -0.2) is 9.78 Å². The first-order valence-corrected chi connectivity index (χ1v) is 3.87. The SMILES string of the molecule is C=Cc1c(C)nn(CC)c1C. The molecule has 0 amide bonds. The number of hydrogen-bond donors (Lipinski definition) is 0. The van der Waals surface area contributed by atoms with E-state index in [0.29, 0.717) is 0 Å². The molecule has 0 radical (unpaired) electrons. The standard InChI is InChI=1S/C9H14N2/c1-5-9-7(3)10-11(6-2)8(9)4/h5H,1,6H2,2-4H3. The van der Waals surface area contributed by atoms with Crippen LogP contribution in [0.25, 0.3) is 6.08 Å². The van der Waals surface area contributed by atoms with E-state index in [-0.39, 0.29) is 0 Å². The fourth-order valence-electron chi connectivity index (χ4n) is 1.31. The van der Waals surface area contributed by atoms with E-state index in [4.69, 9.17) is 0 Å². The van der Waals surface area contributed by atoms with Crippen LogP contribution in [0.15, 0.2) is 6.58 Å². The average molecular weight is 150 g/mol. The molecule has 1 aromatic rings. The van der Waals surface area contributed by atoms with Crippen LogP contribution < -0.4 is 0 Å². The zero-order valence-electron chi connectivity index (χ0n) is 7.39. The van der Waals surface area contributed by atoms with Gasteiger partial charge >= 0.3 is 0 Å². The van der Waals surface area contributed by atoms with Gasteiger partial charge < -0.3 is 0 Å². The molecule has 1 heterocycles. The van der Waals surface area contributed by atoms with Crippen LogP contribution in [0.4, 0.5) is 0 Å². The Morgan fingerprint density at radius 3 is 2.45 bits per heavy atom. The first kappa shape index (κ1) is 8.05. The molecule has 0 spiro atoms. The van der Waals surface area contributed by atoms with Gasteiger partial charge in [0.15, 0.2) is 0 Å². The van der Waals surface area contributed by atoms with Crippen LogP contribution in [0.3, 0.4) is 0 Å². The van der Waals surface area contributed by atoms with E-state index < -0.39 is 0 Å². The van der Waals surface area contributed by atoms with Crippen LogP contribution in [-0.2, 0) is 6.54 Å². The maximum absolute atomic E-state index is 4.34. The Morgan fingerprint density at radius 1 is 1.55 bits per heavy atom. The number of rotatable bonds is 2. The van der Waals surface area contributed by atoms with Crippen molar-refractivity contribution in [3.8, 4) is 0 Å². The highest BCUT2D eigenvalue weighted by Gasteiger charge is 2.05. The van der Waals surface area contributed by atoms with E-state index in [1.54, 1.807) is 0 Å². The molecular weight excluding hydrogens is 136 g/mol. The summed E-state index contributed by atoms with van der Waals surface area (Å²) in [4.78, 5) is 0. The van der Waals surface area contributed by atoms with Crippen LogP contribution in [0, 0.1) is 13.8 Å². The molecule has 0 saturated heterocycles. The van der Waals surface area contributed by atoms with Crippen molar-refractivity contribution >= 4 is 6.08 Å². The van der Waals surface area contributed by atoms with Crippen molar-refractivity contribution in [1.82, 2.24) is 9.78 Å². The third kappa shape index (κ3) is 1.20. The molecule has 0 unspecified atom stereocenters. The summed E-state index contributed by atoms with van der Waals surface area (Å²) in [6.07, 6.45) is 1.86. The van der Waals surface area contributed by atoms with Gasteiger partial charge in [-0.2, -0.15) is 5.10 Å². The first-order valence-electron chi connectivity index (χ1n) is 3.87. The quantitative estimate of drug-likeness (QED) is 0.631. The van der Waals surface area contributed by atoms with Crippen molar-refractivity contribution in [3.63, 3.8) is 0 Å². The van der Waals surface area contributed by atoms with Crippen LogP contribution >= 0.6 is 0 Å². The molecule has 0 aliphatic carbocycles. The fourth-order valence-corrected chi connectivity index (χ4v) is 1.31. The average Bonchev–Trinajstić information content (AvgIpc) is 2.26. The van der Waals surface area contributed by atoms with Gasteiger partial charge in [-0.1, -0.05) is 12.7 Å². The minimum absolute atomic E-state index is 0.931. The Morgan fingerprint density at radius 2 is 2.18 bits per heavy atom. The lowest BCUT2D eigenvalue weighted by molar-refractivity contribution is 0.634. The smallest absolute Gasteiger partial charge is 0.0668 e.